The van der Waals surface area contributed by atoms with E-state index in [-0.39, 0.29) is 5.91 Å². The van der Waals surface area contributed by atoms with Gasteiger partial charge in [-0.2, -0.15) is 0 Å². The Hall–Kier alpha value is -1.33. The van der Waals surface area contributed by atoms with Crippen molar-refractivity contribution in [1.82, 2.24) is 5.23 Å². The molecule has 0 fully saturated rings. The van der Waals surface area contributed by atoms with Gasteiger partial charge in [0.1, 0.15) is 0 Å². The van der Waals surface area contributed by atoms with E-state index in [1.807, 2.05) is 31.2 Å². The summed E-state index contributed by atoms with van der Waals surface area (Å²) in [7, 11) is -0.577. The minimum atomic E-state index is -0.577. The monoisotopic (exact) mass is 220 g/mol. The lowest BCUT2D eigenvalue weighted by atomic mass is 9.89. The molecular formula is C11H17BN2O2. The fraction of sp³-hybridized carbons (Fsp3) is 0.364. The van der Waals surface area contributed by atoms with E-state index in [4.69, 9.17) is 5.02 Å². The van der Waals surface area contributed by atoms with Gasteiger partial charge in [-0.25, -0.2) is 0 Å². The Labute approximate surface area is 96.2 Å². The summed E-state index contributed by atoms with van der Waals surface area (Å²) in [6.45, 7) is 4.09. The predicted octanol–water partition coefficient (Wildman–Crippen LogP) is 1.02. The van der Waals surface area contributed by atoms with Crippen LogP contribution in [0.4, 0.5) is 5.69 Å². The molecule has 0 atom stereocenters. The molecule has 3 N–H and O–H groups in total. The van der Waals surface area contributed by atoms with Crippen molar-refractivity contribution < 1.29 is 9.82 Å². The lowest BCUT2D eigenvalue weighted by Crippen LogP contribution is -2.33. The van der Waals surface area contributed by atoms with E-state index in [1.165, 1.54) is 0 Å². The summed E-state index contributed by atoms with van der Waals surface area (Å²) in [6.07, 6.45) is 0.346. The zero-order chi connectivity index (χ0) is 12.0. The van der Waals surface area contributed by atoms with Gasteiger partial charge in [0.05, 0.1) is 0 Å². The quantitative estimate of drug-likeness (QED) is 0.649. The number of anilines is 1. The van der Waals surface area contributed by atoms with Crippen molar-refractivity contribution in [3.8, 4) is 0 Å². The number of nitrogens with one attached hydrogen (secondary N) is 2. The van der Waals surface area contributed by atoms with E-state index in [0.717, 1.165) is 11.3 Å². The van der Waals surface area contributed by atoms with E-state index in [1.54, 1.807) is 6.82 Å². The van der Waals surface area contributed by atoms with Gasteiger partial charge in [0.15, 0.2) is 0 Å². The Bertz CT molecular complexity index is 338. The van der Waals surface area contributed by atoms with Gasteiger partial charge in [0.25, 0.3) is 0 Å². The number of benzene rings is 1. The second-order valence-corrected chi connectivity index (χ2v) is 3.79. The van der Waals surface area contributed by atoms with Crippen LogP contribution in [0.1, 0.15) is 12.0 Å². The van der Waals surface area contributed by atoms with Gasteiger partial charge in [0, 0.05) is 12.1 Å². The smallest absolute Gasteiger partial charge is 0.373 e. The molecule has 0 saturated heterocycles. The lowest BCUT2D eigenvalue weighted by Gasteiger charge is -2.06. The number of hydrogen-bond acceptors (Lipinski definition) is 3. The van der Waals surface area contributed by atoms with Crippen molar-refractivity contribution in [2.45, 2.75) is 20.2 Å². The highest BCUT2D eigenvalue weighted by atomic mass is 16.2. The molecule has 0 unspecified atom stereocenters. The van der Waals surface area contributed by atoms with Crippen molar-refractivity contribution >= 4 is 18.6 Å². The number of carbonyl (C=O) groups is 1. The highest BCUT2D eigenvalue weighted by molar-refractivity contribution is 6.45. The summed E-state index contributed by atoms with van der Waals surface area (Å²) in [6, 6.07) is 7.64. The molecule has 1 aromatic rings. The molecule has 1 rings (SSSR count). The Morgan fingerprint density at radius 1 is 1.38 bits per heavy atom. The minimum absolute atomic E-state index is 0.0583. The molecule has 16 heavy (non-hydrogen) atoms. The molecular weight excluding hydrogens is 203 g/mol. The average Bonchev–Trinajstić information content (AvgIpc) is 2.21. The number of hydrogen-bond donors (Lipinski definition) is 3. The fourth-order valence-electron chi connectivity index (χ4n) is 1.25. The molecule has 0 heterocycles. The van der Waals surface area contributed by atoms with Gasteiger partial charge in [-0.05, 0) is 32.4 Å². The summed E-state index contributed by atoms with van der Waals surface area (Å²) in [5.74, 6) is -0.0583. The highest BCUT2D eigenvalue weighted by Gasteiger charge is 2.04. The molecule has 5 heteroatoms. The van der Waals surface area contributed by atoms with Gasteiger partial charge in [-0.3, -0.25) is 4.79 Å². The first-order valence-electron chi connectivity index (χ1n) is 5.36. The van der Waals surface area contributed by atoms with Crippen molar-refractivity contribution in [2.75, 3.05) is 11.9 Å². The first kappa shape index (κ1) is 12.7. The second kappa shape index (κ2) is 6.30. The van der Waals surface area contributed by atoms with Crippen LogP contribution >= 0.6 is 0 Å². The third kappa shape index (κ3) is 4.95. The summed E-state index contributed by atoms with van der Waals surface area (Å²) in [4.78, 5) is 11.4. The van der Waals surface area contributed by atoms with Crippen LogP contribution in [0.2, 0.25) is 6.82 Å². The molecule has 0 aliphatic rings. The first-order valence-corrected chi connectivity index (χ1v) is 5.36. The Morgan fingerprint density at radius 2 is 2.00 bits per heavy atom. The molecule has 0 bridgehead atoms. The molecule has 0 aromatic heterocycles. The van der Waals surface area contributed by atoms with Crippen LogP contribution in [0.5, 0.6) is 0 Å². The maximum Gasteiger partial charge on any atom is 0.373 e. The Balaban J connectivity index is 2.31. The molecule has 4 nitrogen and oxygen atoms in total. The van der Waals surface area contributed by atoms with Gasteiger partial charge in [0.2, 0.25) is 5.91 Å². The fourth-order valence-corrected chi connectivity index (χ4v) is 1.25. The number of carbonyl (C=O) groups excluding carboxylic acids is 1. The van der Waals surface area contributed by atoms with Crippen LogP contribution in [0.3, 0.4) is 0 Å². The molecule has 0 aliphatic heterocycles. The molecule has 1 amide bonds. The summed E-state index contributed by atoms with van der Waals surface area (Å²) < 4.78 is 0. The van der Waals surface area contributed by atoms with Crippen LogP contribution in [-0.4, -0.2) is 24.5 Å². The predicted molar refractivity (Wildman–Crippen MR) is 66.3 cm³/mol. The average molecular weight is 220 g/mol. The third-order valence-electron chi connectivity index (χ3n) is 2.13. The zero-order valence-electron chi connectivity index (χ0n) is 9.66. The third-order valence-corrected chi connectivity index (χ3v) is 2.13. The zero-order valence-corrected chi connectivity index (χ0v) is 9.66. The van der Waals surface area contributed by atoms with E-state index in [0.29, 0.717) is 13.0 Å². The largest absolute Gasteiger partial charge is 0.437 e. The first-order chi connectivity index (χ1) is 7.58. The van der Waals surface area contributed by atoms with E-state index in [2.05, 4.69) is 10.5 Å². The standard InChI is InChI=1S/C11H17BN2O2/c1-9-3-5-10(6-4-9)14-11(15)7-8-13-12(2)16/h3-6,13,16H,7-8H2,1-2H3,(H,14,15). The van der Waals surface area contributed by atoms with Gasteiger partial charge >= 0.3 is 7.05 Å². The van der Waals surface area contributed by atoms with E-state index in [9.17, 15) is 4.79 Å². The maximum atomic E-state index is 11.4. The molecule has 86 valence electrons. The highest BCUT2D eigenvalue weighted by Crippen LogP contribution is 2.08. The molecule has 1 aromatic carbocycles. The SMILES string of the molecule is CB(O)NCCC(=O)Nc1ccc(C)cc1. The van der Waals surface area contributed by atoms with Crippen LogP contribution in [0.25, 0.3) is 0 Å². The summed E-state index contributed by atoms with van der Waals surface area (Å²) in [5, 5.41) is 14.5. The topological polar surface area (TPSA) is 61.4 Å². The summed E-state index contributed by atoms with van der Waals surface area (Å²) in [5.41, 5.74) is 1.96. The number of aryl methyl sites for hydroxylation is 1. The molecule has 0 radical (unpaired) electrons. The van der Waals surface area contributed by atoms with Gasteiger partial charge < -0.3 is 15.6 Å². The number of amides is 1. The van der Waals surface area contributed by atoms with E-state index < -0.39 is 7.05 Å². The van der Waals surface area contributed by atoms with Crippen LogP contribution in [0.15, 0.2) is 24.3 Å². The second-order valence-electron chi connectivity index (χ2n) is 3.79. The minimum Gasteiger partial charge on any atom is -0.437 e. The maximum absolute atomic E-state index is 11.4. The lowest BCUT2D eigenvalue weighted by molar-refractivity contribution is -0.116. The van der Waals surface area contributed by atoms with Crippen LogP contribution in [-0.2, 0) is 4.79 Å². The van der Waals surface area contributed by atoms with Crippen molar-refractivity contribution in [1.29, 1.82) is 0 Å². The van der Waals surface area contributed by atoms with Crippen molar-refractivity contribution in [3.05, 3.63) is 29.8 Å². The van der Waals surface area contributed by atoms with Gasteiger partial charge in [-0.15, -0.1) is 0 Å². The van der Waals surface area contributed by atoms with Gasteiger partial charge in [-0.1, -0.05) is 17.7 Å². The Kier molecular flexibility index (Phi) is 5.02. The van der Waals surface area contributed by atoms with Crippen molar-refractivity contribution in [3.63, 3.8) is 0 Å². The summed E-state index contributed by atoms with van der Waals surface area (Å²) >= 11 is 0. The van der Waals surface area contributed by atoms with Crippen molar-refractivity contribution in [2.24, 2.45) is 0 Å². The molecule has 0 spiro atoms. The number of rotatable bonds is 5. The Morgan fingerprint density at radius 3 is 2.56 bits per heavy atom. The molecule has 0 saturated carbocycles. The normalized spacial score (nSPS) is 9.94. The molecule has 0 aliphatic carbocycles. The van der Waals surface area contributed by atoms with Crippen LogP contribution < -0.4 is 10.5 Å². The van der Waals surface area contributed by atoms with Crippen LogP contribution in [0, 0.1) is 6.92 Å². The van der Waals surface area contributed by atoms with E-state index >= 15 is 0 Å².